The number of hydrogen-bond acceptors (Lipinski definition) is 5. The zero-order chi connectivity index (χ0) is 13.4. The minimum atomic E-state index is -1.04. The summed E-state index contributed by atoms with van der Waals surface area (Å²) >= 11 is 0. The first kappa shape index (κ1) is 14.9. The third-order valence-electron chi connectivity index (χ3n) is 2.63. The number of amides is 1. The van der Waals surface area contributed by atoms with E-state index in [1.165, 1.54) is 4.90 Å². The summed E-state index contributed by atoms with van der Waals surface area (Å²) in [5.41, 5.74) is 0. The van der Waals surface area contributed by atoms with Gasteiger partial charge in [0.05, 0.1) is 39.5 Å². The Morgan fingerprint density at radius 2 is 2.17 bits per heavy atom. The zero-order valence-corrected chi connectivity index (χ0v) is 10.5. The molecule has 1 saturated heterocycles. The number of carboxylic acids is 1. The summed E-state index contributed by atoms with van der Waals surface area (Å²) in [7, 11) is 1.57. The van der Waals surface area contributed by atoms with Crippen molar-refractivity contribution < 1.29 is 28.9 Å². The summed E-state index contributed by atoms with van der Waals surface area (Å²) in [4.78, 5) is 24.1. The molecule has 0 aromatic carbocycles. The molecule has 0 bridgehead atoms. The van der Waals surface area contributed by atoms with Gasteiger partial charge in [0.25, 0.3) is 0 Å². The zero-order valence-electron chi connectivity index (χ0n) is 10.5. The van der Waals surface area contributed by atoms with Crippen molar-refractivity contribution in [2.45, 2.75) is 12.5 Å². The Kier molecular flexibility index (Phi) is 6.63. The van der Waals surface area contributed by atoms with Gasteiger partial charge >= 0.3 is 5.97 Å². The van der Waals surface area contributed by atoms with Gasteiger partial charge in [-0.15, -0.1) is 0 Å². The normalized spacial score (nSPS) is 19.8. The highest BCUT2D eigenvalue weighted by molar-refractivity contribution is 5.84. The Balaban J connectivity index is 2.32. The van der Waals surface area contributed by atoms with Gasteiger partial charge in [-0.25, -0.2) is 4.79 Å². The van der Waals surface area contributed by atoms with E-state index in [0.717, 1.165) is 0 Å². The number of rotatable bonds is 7. The number of carboxylic acid groups (broad SMARTS) is 1. The second-order valence-electron chi connectivity index (χ2n) is 3.87. The largest absolute Gasteiger partial charge is 0.480 e. The lowest BCUT2D eigenvalue weighted by molar-refractivity contribution is -0.158. The standard InChI is InChI=1S/C11H19NO6/c1-16-6-7-17-4-2-10(13)12-3-5-18-8-9(12)11(14)15/h9H,2-8H2,1H3,(H,14,15). The van der Waals surface area contributed by atoms with Crippen LogP contribution in [0.25, 0.3) is 0 Å². The van der Waals surface area contributed by atoms with E-state index in [-0.39, 0.29) is 25.5 Å². The summed E-state index contributed by atoms with van der Waals surface area (Å²) in [6.07, 6.45) is 0.174. The van der Waals surface area contributed by atoms with Crippen LogP contribution in [0.15, 0.2) is 0 Å². The lowest BCUT2D eigenvalue weighted by Gasteiger charge is -2.32. The van der Waals surface area contributed by atoms with E-state index in [1.54, 1.807) is 7.11 Å². The first-order chi connectivity index (χ1) is 8.66. The van der Waals surface area contributed by atoms with Crippen LogP contribution in [-0.4, -0.2) is 74.6 Å². The highest BCUT2D eigenvalue weighted by atomic mass is 16.5. The fraction of sp³-hybridized carbons (Fsp3) is 0.818. The number of carbonyl (C=O) groups is 2. The van der Waals surface area contributed by atoms with Gasteiger partial charge in [-0.3, -0.25) is 4.79 Å². The highest BCUT2D eigenvalue weighted by Gasteiger charge is 2.32. The van der Waals surface area contributed by atoms with Crippen LogP contribution in [0, 0.1) is 0 Å². The van der Waals surface area contributed by atoms with E-state index in [9.17, 15) is 9.59 Å². The molecule has 1 heterocycles. The molecule has 0 aliphatic carbocycles. The molecule has 104 valence electrons. The van der Waals surface area contributed by atoms with Gasteiger partial charge in [0, 0.05) is 13.7 Å². The van der Waals surface area contributed by atoms with Crippen molar-refractivity contribution >= 4 is 11.9 Å². The molecule has 7 heteroatoms. The predicted octanol–water partition coefficient (Wildman–Crippen LogP) is -0.648. The fourth-order valence-electron chi connectivity index (χ4n) is 1.65. The van der Waals surface area contributed by atoms with E-state index in [1.807, 2.05) is 0 Å². The van der Waals surface area contributed by atoms with Crippen LogP contribution in [-0.2, 0) is 23.8 Å². The van der Waals surface area contributed by atoms with Gasteiger partial charge in [-0.05, 0) is 0 Å². The summed E-state index contributed by atoms with van der Waals surface area (Å²) < 4.78 is 15.0. The topological polar surface area (TPSA) is 85.3 Å². The second-order valence-corrected chi connectivity index (χ2v) is 3.87. The maximum absolute atomic E-state index is 11.8. The van der Waals surface area contributed by atoms with Crippen LogP contribution in [0.2, 0.25) is 0 Å². The van der Waals surface area contributed by atoms with Gasteiger partial charge < -0.3 is 24.2 Å². The van der Waals surface area contributed by atoms with Crippen molar-refractivity contribution in [3.8, 4) is 0 Å². The minimum absolute atomic E-state index is 0.0472. The third kappa shape index (κ3) is 4.59. The maximum Gasteiger partial charge on any atom is 0.328 e. The SMILES string of the molecule is COCCOCCC(=O)N1CCOCC1C(=O)O. The summed E-state index contributed by atoms with van der Waals surface area (Å²) in [6.45, 7) is 1.91. The van der Waals surface area contributed by atoms with Gasteiger partial charge in [0.2, 0.25) is 5.91 Å². The van der Waals surface area contributed by atoms with E-state index >= 15 is 0 Å². The average molecular weight is 261 g/mol. The monoisotopic (exact) mass is 261 g/mol. The molecule has 1 aliphatic heterocycles. The molecule has 1 aliphatic rings. The van der Waals surface area contributed by atoms with E-state index in [4.69, 9.17) is 19.3 Å². The lowest BCUT2D eigenvalue weighted by Crippen LogP contribution is -2.52. The first-order valence-electron chi connectivity index (χ1n) is 5.83. The summed E-state index contributed by atoms with van der Waals surface area (Å²) in [5, 5.41) is 8.98. The molecular formula is C11H19NO6. The van der Waals surface area contributed by atoms with Crippen LogP contribution < -0.4 is 0 Å². The van der Waals surface area contributed by atoms with Crippen molar-refractivity contribution in [3.63, 3.8) is 0 Å². The molecule has 1 unspecified atom stereocenters. The Morgan fingerprint density at radius 3 is 2.83 bits per heavy atom. The van der Waals surface area contributed by atoms with Crippen molar-refractivity contribution in [3.05, 3.63) is 0 Å². The molecule has 0 saturated carbocycles. The van der Waals surface area contributed by atoms with Crippen LogP contribution in [0.4, 0.5) is 0 Å². The van der Waals surface area contributed by atoms with Crippen molar-refractivity contribution in [2.75, 3.05) is 46.7 Å². The molecule has 1 atom stereocenters. The highest BCUT2D eigenvalue weighted by Crippen LogP contribution is 2.09. The number of methoxy groups -OCH3 is 1. The number of hydrogen-bond donors (Lipinski definition) is 1. The van der Waals surface area contributed by atoms with E-state index in [0.29, 0.717) is 26.4 Å². The number of carbonyl (C=O) groups excluding carboxylic acids is 1. The fourth-order valence-corrected chi connectivity index (χ4v) is 1.65. The van der Waals surface area contributed by atoms with E-state index < -0.39 is 12.0 Å². The molecule has 1 amide bonds. The molecule has 0 aromatic heterocycles. The van der Waals surface area contributed by atoms with E-state index in [2.05, 4.69) is 0 Å². The summed E-state index contributed by atoms with van der Waals surface area (Å²) in [5.74, 6) is -1.26. The average Bonchev–Trinajstić information content (AvgIpc) is 2.38. The van der Waals surface area contributed by atoms with Crippen LogP contribution in [0.5, 0.6) is 0 Å². The molecule has 1 rings (SSSR count). The lowest BCUT2D eigenvalue weighted by atomic mass is 10.2. The van der Waals surface area contributed by atoms with Crippen LogP contribution in [0.3, 0.4) is 0 Å². The van der Waals surface area contributed by atoms with Crippen molar-refractivity contribution in [1.82, 2.24) is 4.90 Å². The molecule has 18 heavy (non-hydrogen) atoms. The van der Waals surface area contributed by atoms with Crippen molar-refractivity contribution in [1.29, 1.82) is 0 Å². The third-order valence-corrected chi connectivity index (χ3v) is 2.63. The molecule has 1 fully saturated rings. The first-order valence-corrected chi connectivity index (χ1v) is 5.83. The molecule has 1 N–H and O–H groups in total. The van der Waals surface area contributed by atoms with Gasteiger partial charge in [0.15, 0.2) is 6.04 Å². The predicted molar refractivity (Wildman–Crippen MR) is 61.3 cm³/mol. The van der Waals surface area contributed by atoms with Crippen molar-refractivity contribution in [2.24, 2.45) is 0 Å². The maximum atomic E-state index is 11.8. The number of aliphatic carboxylic acids is 1. The van der Waals surface area contributed by atoms with Crippen LogP contribution in [0.1, 0.15) is 6.42 Å². The van der Waals surface area contributed by atoms with Gasteiger partial charge in [-0.1, -0.05) is 0 Å². The molecular weight excluding hydrogens is 242 g/mol. The Morgan fingerprint density at radius 1 is 1.39 bits per heavy atom. The minimum Gasteiger partial charge on any atom is -0.480 e. The Labute approximate surface area is 106 Å². The number of ether oxygens (including phenoxy) is 3. The smallest absolute Gasteiger partial charge is 0.328 e. The number of morpholine rings is 1. The van der Waals surface area contributed by atoms with Crippen LogP contribution >= 0.6 is 0 Å². The Bertz CT molecular complexity index is 283. The molecule has 7 nitrogen and oxygen atoms in total. The quantitative estimate of drug-likeness (QED) is 0.613. The second kappa shape index (κ2) is 8.02. The number of nitrogens with zero attached hydrogens (tertiary/aromatic N) is 1. The molecule has 0 radical (unpaired) electrons. The van der Waals surface area contributed by atoms with Gasteiger partial charge in [0.1, 0.15) is 0 Å². The van der Waals surface area contributed by atoms with Gasteiger partial charge in [-0.2, -0.15) is 0 Å². The Hall–Kier alpha value is -1.18. The molecule has 0 spiro atoms. The summed E-state index contributed by atoms with van der Waals surface area (Å²) in [6, 6.07) is -0.884. The molecule has 0 aromatic rings.